The molecule has 1 saturated carbocycles. The molecule has 2 N–H and O–H groups in total. The van der Waals surface area contributed by atoms with E-state index in [4.69, 9.17) is 11.6 Å². The zero-order chi connectivity index (χ0) is 12.5. The van der Waals surface area contributed by atoms with Gasteiger partial charge >= 0.3 is 0 Å². The molecule has 3 rings (SSSR count). The Morgan fingerprint density at radius 1 is 1.44 bits per heavy atom. The van der Waals surface area contributed by atoms with E-state index in [1.54, 1.807) is 6.07 Å². The second-order valence-electron chi connectivity index (χ2n) is 4.25. The number of amides is 1. The number of fused-ring (bicyclic) bond motifs is 1. The molecule has 0 unspecified atom stereocenters. The Bertz CT molecular complexity index is 596. The number of nitrogens with zero attached hydrogens (tertiary/aromatic N) is 2. The Kier molecular flexibility index (Phi) is 3.05. The van der Waals surface area contributed by atoms with Crippen molar-refractivity contribution in [3.05, 3.63) is 17.2 Å². The first kappa shape index (κ1) is 11.7. The molecule has 1 amide bonds. The van der Waals surface area contributed by atoms with E-state index in [1.807, 2.05) is 6.07 Å². The quantitative estimate of drug-likeness (QED) is 0.900. The largest absolute Gasteiger partial charge is 0.373 e. The molecular formula is C11H11ClN4OS. The number of nitrogens with one attached hydrogen (secondary N) is 2. The van der Waals surface area contributed by atoms with E-state index in [0.29, 0.717) is 22.3 Å². The molecule has 18 heavy (non-hydrogen) atoms. The van der Waals surface area contributed by atoms with E-state index in [1.165, 1.54) is 0 Å². The van der Waals surface area contributed by atoms with E-state index in [9.17, 15) is 4.79 Å². The van der Waals surface area contributed by atoms with E-state index in [-0.39, 0.29) is 12.5 Å². The van der Waals surface area contributed by atoms with Gasteiger partial charge in [-0.25, -0.2) is 0 Å². The molecule has 1 aromatic carbocycles. The summed E-state index contributed by atoms with van der Waals surface area (Å²) in [5.74, 6) is -0.0197. The molecular weight excluding hydrogens is 272 g/mol. The van der Waals surface area contributed by atoms with Crippen molar-refractivity contribution >= 4 is 46.0 Å². The van der Waals surface area contributed by atoms with Gasteiger partial charge in [0, 0.05) is 6.04 Å². The van der Waals surface area contributed by atoms with Crippen LogP contribution in [0.15, 0.2) is 12.1 Å². The first-order chi connectivity index (χ1) is 8.74. The molecule has 1 fully saturated rings. The lowest BCUT2D eigenvalue weighted by Gasteiger charge is -2.08. The lowest BCUT2D eigenvalue weighted by Crippen LogP contribution is -2.31. The van der Waals surface area contributed by atoms with Crippen molar-refractivity contribution in [1.29, 1.82) is 0 Å². The van der Waals surface area contributed by atoms with Crippen LogP contribution in [0.3, 0.4) is 0 Å². The molecule has 1 aromatic heterocycles. The Balaban J connectivity index is 1.74. The molecule has 0 bridgehead atoms. The summed E-state index contributed by atoms with van der Waals surface area (Å²) in [6.45, 7) is 0.201. The summed E-state index contributed by atoms with van der Waals surface area (Å²) in [4.78, 5) is 11.6. The summed E-state index contributed by atoms with van der Waals surface area (Å²) < 4.78 is 8.32. The molecule has 0 spiro atoms. The van der Waals surface area contributed by atoms with Gasteiger partial charge in [-0.1, -0.05) is 11.6 Å². The van der Waals surface area contributed by atoms with Gasteiger partial charge in [-0.3, -0.25) is 4.79 Å². The molecule has 1 aliphatic rings. The topological polar surface area (TPSA) is 66.9 Å². The smallest absolute Gasteiger partial charge is 0.239 e. The summed E-state index contributed by atoms with van der Waals surface area (Å²) in [7, 11) is 0. The fraction of sp³-hybridized carbons (Fsp3) is 0.364. The van der Waals surface area contributed by atoms with Gasteiger partial charge < -0.3 is 10.6 Å². The summed E-state index contributed by atoms with van der Waals surface area (Å²) in [5, 5.41) is 6.49. The minimum atomic E-state index is -0.0197. The van der Waals surface area contributed by atoms with Crippen LogP contribution in [-0.2, 0) is 4.79 Å². The second-order valence-corrected chi connectivity index (χ2v) is 5.19. The molecule has 7 heteroatoms. The van der Waals surface area contributed by atoms with E-state index in [0.717, 1.165) is 30.1 Å². The molecule has 0 aliphatic heterocycles. The maximum Gasteiger partial charge on any atom is 0.239 e. The highest BCUT2D eigenvalue weighted by Gasteiger charge is 2.23. The first-order valence-electron chi connectivity index (χ1n) is 5.68. The lowest BCUT2D eigenvalue weighted by atomic mass is 10.2. The fourth-order valence-electron chi connectivity index (χ4n) is 1.67. The van der Waals surface area contributed by atoms with Gasteiger partial charge in [0.25, 0.3) is 0 Å². The average Bonchev–Trinajstić information content (AvgIpc) is 3.03. The number of anilines is 1. The van der Waals surface area contributed by atoms with Crippen LogP contribution in [0.5, 0.6) is 0 Å². The summed E-state index contributed by atoms with van der Waals surface area (Å²) in [5.41, 5.74) is 2.18. The van der Waals surface area contributed by atoms with Crippen LogP contribution in [-0.4, -0.2) is 27.2 Å². The minimum absolute atomic E-state index is 0.0197. The van der Waals surface area contributed by atoms with Crippen LogP contribution in [0.25, 0.3) is 11.0 Å². The summed E-state index contributed by atoms with van der Waals surface area (Å²) in [6, 6.07) is 3.94. The van der Waals surface area contributed by atoms with Crippen LogP contribution in [0.4, 0.5) is 5.69 Å². The normalized spacial score (nSPS) is 14.7. The summed E-state index contributed by atoms with van der Waals surface area (Å²) in [6.07, 6.45) is 2.16. The van der Waals surface area contributed by atoms with Crippen molar-refractivity contribution in [3.8, 4) is 0 Å². The van der Waals surface area contributed by atoms with Crippen molar-refractivity contribution in [1.82, 2.24) is 14.1 Å². The number of rotatable bonds is 4. The third kappa shape index (κ3) is 2.39. The predicted molar refractivity (Wildman–Crippen MR) is 72.1 cm³/mol. The van der Waals surface area contributed by atoms with Crippen LogP contribution >= 0.6 is 23.3 Å². The van der Waals surface area contributed by atoms with Crippen LogP contribution in [0.2, 0.25) is 5.02 Å². The Morgan fingerprint density at radius 3 is 3.06 bits per heavy atom. The molecule has 2 aromatic rings. The van der Waals surface area contributed by atoms with Gasteiger partial charge in [-0.05, 0) is 25.0 Å². The van der Waals surface area contributed by atoms with Crippen LogP contribution in [0, 0.1) is 0 Å². The van der Waals surface area contributed by atoms with E-state index < -0.39 is 0 Å². The zero-order valence-electron chi connectivity index (χ0n) is 9.44. The van der Waals surface area contributed by atoms with Crippen molar-refractivity contribution in [2.45, 2.75) is 18.9 Å². The monoisotopic (exact) mass is 282 g/mol. The van der Waals surface area contributed by atoms with Gasteiger partial charge in [0.1, 0.15) is 11.0 Å². The second kappa shape index (κ2) is 4.70. The third-order valence-electron chi connectivity index (χ3n) is 2.75. The zero-order valence-corrected chi connectivity index (χ0v) is 11.0. The maximum atomic E-state index is 11.6. The molecule has 94 valence electrons. The number of benzene rings is 1. The number of aromatic nitrogens is 2. The average molecular weight is 283 g/mol. The Labute approximate surface area is 113 Å². The van der Waals surface area contributed by atoms with Gasteiger partial charge in [0.05, 0.1) is 29.0 Å². The maximum absolute atomic E-state index is 11.6. The Morgan fingerprint density at radius 2 is 2.28 bits per heavy atom. The summed E-state index contributed by atoms with van der Waals surface area (Å²) >= 11 is 7.24. The van der Waals surface area contributed by atoms with Gasteiger partial charge in [0.15, 0.2) is 0 Å². The molecule has 0 radical (unpaired) electrons. The Hall–Kier alpha value is -1.40. The van der Waals surface area contributed by atoms with Gasteiger partial charge in [0.2, 0.25) is 5.91 Å². The van der Waals surface area contributed by atoms with Crippen LogP contribution in [0.1, 0.15) is 12.8 Å². The molecule has 0 saturated heterocycles. The fourth-order valence-corrected chi connectivity index (χ4v) is 2.43. The predicted octanol–water partition coefficient (Wildman–Crippen LogP) is 2.04. The number of carbonyl (C=O) groups is 1. The SMILES string of the molecule is O=C(CNc1c(Cl)ccc2nsnc12)NC1CC1. The third-order valence-corrected chi connectivity index (χ3v) is 3.60. The van der Waals surface area contributed by atoms with Gasteiger partial charge in [-0.15, -0.1) is 0 Å². The molecule has 1 aliphatic carbocycles. The standard InChI is InChI=1S/C11H11ClN4OS/c12-7-3-4-8-11(16-18-15-8)10(7)13-5-9(17)14-6-1-2-6/h3-4,6,13H,1-2,5H2,(H,14,17). The van der Waals surface area contributed by atoms with Crippen molar-refractivity contribution in [2.24, 2.45) is 0 Å². The molecule has 0 atom stereocenters. The van der Waals surface area contributed by atoms with E-state index >= 15 is 0 Å². The molecule has 5 nitrogen and oxygen atoms in total. The lowest BCUT2D eigenvalue weighted by molar-refractivity contribution is -0.119. The highest BCUT2D eigenvalue weighted by atomic mass is 35.5. The number of hydrogen-bond acceptors (Lipinski definition) is 5. The molecule has 1 heterocycles. The van der Waals surface area contributed by atoms with E-state index in [2.05, 4.69) is 19.4 Å². The van der Waals surface area contributed by atoms with Crippen molar-refractivity contribution in [3.63, 3.8) is 0 Å². The van der Waals surface area contributed by atoms with Crippen LogP contribution < -0.4 is 10.6 Å². The van der Waals surface area contributed by atoms with Crippen molar-refractivity contribution in [2.75, 3.05) is 11.9 Å². The number of halogens is 1. The first-order valence-corrected chi connectivity index (χ1v) is 6.79. The highest BCUT2D eigenvalue weighted by molar-refractivity contribution is 7.00. The highest BCUT2D eigenvalue weighted by Crippen LogP contribution is 2.29. The van der Waals surface area contributed by atoms with Crippen molar-refractivity contribution < 1.29 is 4.79 Å². The number of hydrogen-bond donors (Lipinski definition) is 2. The van der Waals surface area contributed by atoms with Gasteiger partial charge in [-0.2, -0.15) is 8.75 Å². The minimum Gasteiger partial charge on any atom is -0.373 e. The number of carbonyl (C=O) groups excluding carboxylic acids is 1.